The molecule has 18 heavy (non-hydrogen) atoms. The molecule has 0 saturated carbocycles. The molecule has 98 valence electrons. The van der Waals surface area contributed by atoms with Gasteiger partial charge >= 0.3 is 0 Å². The molecule has 0 spiro atoms. The van der Waals surface area contributed by atoms with Crippen molar-refractivity contribution in [1.29, 1.82) is 0 Å². The second-order valence-corrected chi connectivity index (χ2v) is 5.75. The first-order chi connectivity index (χ1) is 8.48. The Labute approximate surface area is 108 Å². The van der Waals surface area contributed by atoms with E-state index in [0.29, 0.717) is 11.9 Å². The summed E-state index contributed by atoms with van der Waals surface area (Å²) in [6.45, 7) is 6.05. The van der Waals surface area contributed by atoms with Crippen molar-refractivity contribution in [2.24, 2.45) is 0 Å². The highest BCUT2D eigenvalue weighted by Crippen LogP contribution is 2.15. The molecule has 4 nitrogen and oxygen atoms in total. The lowest BCUT2D eigenvalue weighted by atomic mass is 10.0. The van der Waals surface area contributed by atoms with Crippen LogP contribution in [0.4, 0.5) is 5.82 Å². The van der Waals surface area contributed by atoms with Crippen LogP contribution < -0.4 is 10.9 Å². The van der Waals surface area contributed by atoms with Crippen molar-refractivity contribution in [2.75, 3.05) is 5.32 Å². The van der Waals surface area contributed by atoms with E-state index < -0.39 is 0 Å². The van der Waals surface area contributed by atoms with E-state index in [-0.39, 0.29) is 11.1 Å². The van der Waals surface area contributed by atoms with Crippen molar-refractivity contribution < 1.29 is 0 Å². The molecule has 1 atom stereocenters. The predicted molar refractivity (Wildman–Crippen MR) is 73.9 cm³/mol. The van der Waals surface area contributed by atoms with Crippen LogP contribution in [-0.4, -0.2) is 15.6 Å². The number of aromatic nitrogens is 2. The number of allylic oxidation sites excluding steroid dienone is 1. The van der Waals surface area contributed by atoms with Gasteiger partial charge in [0.15, 0.2) is 5.82 Å². The summed E-state index contributed by atoms with van der Waals surface area (Å²) in [7, 11) is 0. The molecule has 1 N–H and O–H groups in total. The highest BCUT2D eigenvalue weighted by molar-refractivity contribution is 5.33. The maximum absolute atomic E-state index is 12.3. The molecular weight excluding hydrogens is 226 g/mol. The maximum Gasteiger partial charge on any atom is 0.293 e. The number of rotatable bonds is 2. The average Bonchev–Trinajstić information content (AvgIpc) is 2.32. The standard InChI is InChI=1S/C14H21N3O/c1-14(2,3)17-10-9-15-12(13(17)18)16-11-7-5-4-6-8-11/h4-5,9-11H,6-8H2,1-3H3,(H,15,16). The van der Waals surface area contributed by atoms with Crippen LogP contribution >= 0.6 is 0 Å². The Hall–Kier alpha value is -1.58. The van der Waals surface area contributed by atoms with E-state index >= 15 is 0 Å². The zero-order valence-electron chi connectivity index (χ0n) is 11.3. The van der Waals surface area contributed by atoms with Gasteiger partial charge < -0.3 is 9.88 Å². The first kappa shape index (κ1) is 12.9. The maximum atomic E-state index is 12.3. The van der Waals surface area contributed by atoms with Gasteiger partial charge in [0.25, 0.3) is 5.56 Å². The Morgan fingerprint density at radius 1 is 1.39 bits per heavy atom. The second-order valence-electron chi connectivity index (χ2n) is 5.75. The van der Waals surface area contributed by atoms with E-state index in [1.54, 1.807) is 17.0 Å². The molecule has 1 aliphatic rings. The normalized spacial score (nSPS) is 19.8. The lowest BCUT2D eigenvalue weighted by Crippen LogP contribution is -2.36. The Bertz CT molecular complexity index is 496. The SMILES string of the molecule is CC(C)(C)n1ccnc(NC2CC=CCC2)c1=O. The monoisotopic (exact) mass is 247 g/mol. The summed E-state index contributed by atoms with van der Waals surface area (Å²) in [5, 5.41) is 3.27. The number of nitrogens with one attached hydrogen (secondary N) is 1. The van der Waals surface area contributed by atoms with E-state index in [1.165, 1.54) is 0 Å². The van der Waals surface area contributed by atoms with Crippen molar-refractivity contribution in [2.45, 2.75) is 51.6 Å². The highest BCUT2D eigenvalue weighted by atomic mass is 16.1. The van der Waals surface area contributed by atoms with E-state index in [4.69, 9.17) is 0 Å². The van der Waals surface area contributed by atoms with E-state index in [9.17, 15) is 4.79 Å². The minimum atomic E-state index is -0.219. The largest absolute Gasteiger partial charge is 0.362 e. The third kappa shape index (κ3) is 2.81. The van der Waals surface area contributed by atoms with Crippen LogP contribution in [0.2, 0.25) is 0 Å². The Morgan fingerprint density at radius 2 is 2.17 bits per heavy atom. The fourth-order valence-corrected chi connectivity index (χ4v) is 2.16. The van der Waals surface area contributed by atoms with Gasteiger partial charge in [0, 0.05) is 24.0 Å². The zero-order chi connectivity index (χ0) is 13.2. The van der Waals surface area contributed by atoms with Gasteiger partial charge in [-0.3, -0.25) is 4.79 Å². The number of hydrogen-bond donors (Lipinski definition) is 1. The summed E-state index contributed by atoms with van der Waals surface area (Å²) in [5.41, 5.74) is -0.261. The van der Waals surface area contributed by atoms with Gasteiger partial charge in [-0.2, -0.15) is 0 Å². The molecule has 1 unspecified atom stereocenters. The first-order valence-electron chi connectivity index (χ1n) is 6.48. The summed E-state index contributed by atoms with van der Waals surface area (Å²) in [6, 6.07) is 0.325. The van der Waals surface area contributed by atoms with Gasteiger partial charge in [0.05, 0.1) is 0 Å². The van der Waals surface area contributed by atoms with E-state index in [2.05, 4.69) is 22.5 Å². The molecule has 1 aliphatic carbocycles. The van der Waals surface area contributed by atoms with E-state index in [1.807, 2.05) is 20.8 Å². The van der Waals surface area contributed by atoms with Gasteiger partial charge in [-0.05, 0) is 40.0 Å². The lowest BCUT2D eigenvalue weighted by molar-refractivity contribution is 0.383. The first-order valence-corrected chi connectivity index (χ1v) is 6.48. The Morgan fingerprint density at radius 3 is 2.78 bits per heavy atom. The molecule has 0 bridgehead atoms. The van der Waals surface area contributed by atoms with Gasteiger partial charge in [0.2, 0.25) is 0 Å². The fraction of sp³-hybridized carbons (Fsp3) is 0.571. The molecule has 1 aromatic heterocycles. The zero-order valence-corrected chi connectivity index (χ0v) is 11.3. The minimum absolute atomic E-state index is 0.0421. The number of nitrogens with zero attached hydrogens (tertiary/aromatic N) is 2. The molecule has 0 aromatic carbocycles. The van der Waals surface area contributed by atoms with Crippen molar-refractivity contribution in [3.8, 4) is 0 Å². The third-order valence-electron chi connectivity index (χ3n) is 3.17. The third-order valence-corrected chi connectivity index (χ3v) is 3.17. The van der Waals surface area contributed by atoms with Crippen LogP contribution in [0.1, 0.15) is 40.0 Å². The van der Waals surface area contributed by atoms with Gasteiger partial charge in [-0.1, -0.05) is 12.2 Å². The molecule has 0 aliphatic heterocycles. The summed E-state index contributed by atoms with van der Waals surface area (Å²) in [4.78, 5) is 16.5. The summed E-state index contributed by atoms with van der Waals surface area (Å²) >= 11 is 0. The Balaban J connectivity index is 2.24. The van der Waals surface area contributed by atoms with Gasteiger partial charge in [0.1, 0.15) is 0 Å². The van der Waals surface area contributed by atoms with Crippen molar-refractivity contribution in [1.82, 2.24) is 9.55 Å². The molecule has 0 amide bonds. The van der Waals surface area contributed by atoms with Gasteiger partial charge in [-0.15, -0.1) is 0 Å². The predicted octanol–water partition coefficient (Wildman–Crippen LogP) is 2.52. The molecule has 0 fully saturated rings. The molecule has 0 radical (unpaired) electrons. The Kier molecular flexibility index (Phi) is 3.55. The lowest BCUT2D eigenvalue weighted by Gasteiger charge is -2.24. The summed E-state index contributed by atoms with van der Waals surface area (Å²) in [6.07, 6.45) is 10.9. The fourth-order valence-electron chi connectivity index (χ4n) is 2.16. The molecule has 4 heteroatoms. The van der Waals surface area contributed by atoms with Crippen LogP contribution in [0, 0.1) is 0 Å². The van der Waals surface area contributed by atoms with Crippen molar-refractivity contribution >= 4 is 5.82 Å². The molecule has 1 heterocycles. The summed E-state index contributed by atoms with van der Waals surface area (Å²) < 4.78 is 1.72. The van der Waals surface area contributed by atoms with Crippen LogP contribution in [0.15, 0.2) is 29.3 Å². The van der Waals surface area contributed by atoms with Crippen LogP contribution in [-0.2, 0) is 5.54 Å². The van der Waals surface area contributed by atoms with E-state index in [0.717, 1.165) is 19.3 Å². The van der Waals surface area contributed by atoms with Crippen molar-refractivity contribution in [3.63, 3.8) is 0 Å². The number of hydrogen-bond acceptors (Lipinski definition) is 3. The van der Waals surface area contributed by atoms with Crippen LogP contribution in [0.5, 0.6) is 0 Å². The topological polar surface area (TPSA) is 46.9 Å². The van der Waals surface area contributed by atoms with Crippen LogP contribution in [0.3, 0.4) is 0 Å². The highest BCUT2D eigenvalue weighted by Gasteiger charge is 2.18. The molecule has 2 rings (SSSR count). The second kappa shape index (κ2) is 4.96. The molecule has 0 saturated heterocycles. The quantitative estimate of drug-likeness (QED) is 0.817. The molecular formula is C14H21N3O. The minimum Gasteiger partial charge on any atom is -0.362 e. The van der Waals surface area contributed by atoms with Gasteiger partial charge in [-0.25, -0.2) is 4.98 Å². The number of anilines is 1. The van der Waals surface area contributed by atoms with Crippen LogP contribution in [0.25, 0.3) is 0 Å². The summed E-state index contributed by atoms with van der Waals surface area (Å²) in [5.74, 6) is 0.465. The smallest absolute Gasteiger partial charge is 0.293 e. The van der Waals surface area contributed by atoms with Crippen molar-refractivity contribution in [3.05, 3.63) is 34.9 Å². The average molecular weight is 247 g/mol. The molecule has 1 aromatic rings.